The van der Waals surface area contributed by atoms with Crippen molar-refractivity contribution in [3.05, 3.63) is 40.2 Å². The lowest BCUT2D eigenvalue weighted by atomic mass is 10.0. The van der Waals surface area contributed by atoms with Crippen LogP contribution in [-0.4, -0.2) is 16.2 Å². The number of carbonyl (C=O) groups excluding carboxylic acids is 2. The number of rotatable bonds is 2. The van der Waals surface area contributed by atoms with Crippen LogP contribution >= 0.6 is 11.5 Å². The molecular weight excluding hydrogens is 293 g/mol. The normalized spacial score (nSPS) is 13.5. The number of anilines is 2. The fraction of sp³-hybridized carbons (Fsp3) is 0.214. The Hall–Kier alpha value is -2.28. The van der Waals surface area contributed by atoms with Gasteiger partial charge in [-0.15, -0.1) is 0 Å². The first-order valence-electron chi connectivity index (χ1n) is 6.39. The second kappa shape index (κ2) is 5.25. The molecule has 0 spiro atoms. The third-order valence-electron chi connectivity index (χ3n) is 3.33. The second-order valence-corrected chi connectivity index (χ2v) is 5.43. The minimum absolute atomic E-state index is 0.112. The molecule has 0 saturated heterocycles. The molecule has 7 heteroatoms. The molecule has 21 heavy (non-hydrogen) atoms. The van der Waals surface area contributed by atoms with Crippen LogP contribution in [0.3, 0.4) is 0 Å². The van der Waals surface area contributed by atoms with Gasteiger partial charge in [-0.1, -0.05) is 0 Å². The first-order valence-corrected chi connectivity index (χ1v) is 7.23. The molecule has 2 N–H and O–H groups in total. The first-order chi connectivity index (χ1) is 10.0. The van der Waals surface area contributed by atoms with Gasteiger partial charge in [-0.3, -0.25) is 9.59 Å². The summed E-state index contributed by atoms with van der Waals surface area (Å²) >= 11 is 1.18. The number of aryl methyl sites for hydroxylation is 2. The topological polar surface area (TPSA) is 71.1 Å². The smallest absolute Gasteiger partial charge is 0.258 e. The average Bonchev–Trinajstić information content (AvgIpc) is 2.86. The van der Waals surface area contributed by atoms with Gasteiger partial charge in [-0.05, 0) is 42.6 Å². The highest BCUT2D eigenvalue weighted by molar-refractivity contribution is 7.04. The van der Waals surface area contributed by atoms with Crippen LogP contribution in [0.1, 0.15) is 28.0 Å². The monoisotopic (exact) mass is 305 g/mol. The molecule has 0 unspecified atom stereocenters. The van der Waals surface area contributed by atoms with Gasteiger partial charge in [0.1, 0.15) is 5.82 Å². The number of nitrogens with one attached hydrogen (secondary N) is 2. The summed E-state index contributed by atoms with van der Waals surface area (Å²) in [7, 11) is 0. The van der Waals surface area contributed by atoms with E-state index in [1.807, 2.05) is 0 Å². The first kappa shape index (κ1) is 13.7. The number of benzene rings is 1. The van der Waals surface area contributed by atoms with Crippen LogP contribution in [0.4, 0.5) is 15.8 Å². The maximum Gasteiger partial charge on any atom is 0.258 e. The number of nitrogens with zero attached hydrogens (tertiary/aromatic N) is 1. The fourth-order valence-corrected chi connectivity index (χ4v) is 2.89. The van der Waals surface area contributed by atoms with E-state index in [1.165, 1.54) is 17.6 Å². The quantitative estimate of drug-likeness (QED) is 0.896. The molecule has 5 nitrogen and oxygen atoms in total. The number of amides is 2. The lowest BCUT2D eigenvalue weighted by molar-refractivity contribution is -0.116. The minimum Gasteiger partial charge on any atom is -0.326 e. The van der Waals surface area contributed by atoms with Crippen LogP contribution in [0.5, 0.6) is 0 Å². The van der Waals surface area contributed by atoms with Crippen molar-refractivity contribution in [3.63, 3.8) is 0 Å². The summed E-state index contributed by atoms with van der Waals surface area (Å²) in [6, 6.07) is 2.80. The molecule has 0 saturated carbocycles. The molecule has 1 aliphatic rings. The van der Waals surface area contributed by atoms with Crippen molar-refractivity contribution in [2.24, 2.45) is 0 Å². The van der Waals surface area contributed by atoms with Crippen molar-refractivity contribution in [1.82, 2.24) is 4.37 Å². The van der Waals surface area contributed by atoms with E-state index in [0.717, 1.165) is 5.56 Å². The summed E-state index contributed by atoms with van der Waals surface area (Å²) in [6.45, 7) is 1.73. The number of hydrogen-bond donors (Lipinski definition) is 2. The summed E-state index contributed by atoms with van der Waals surface area (Å²) in [5.41, 5.74) is 2.44. The summed E-state index contributed by atoms with van der Waals surface area (Å²) < 4.78 is 18.0. The molecule has 2 heterocycles. The molecule has 0 aliphatic carbocycles. The summed E-state index contributed by atoms with van der Waals surface area (Å²) in [5, 5.41) is 6.80. The lowest BCUT2D eigenvalue weighted by Crippen LogP contribution is -2.20. The van der Waals surface area contributed by atoms with Gasteiger partial charge in [-0.2, -0.15) is 4.37 Å². The predicted molar refractivity (Wildman–Crippen MR) is 78.2 cm³/mol. The zero-order valence-electron chi connectivity index (χ0n) is 11.2. The van der Waals surface area contributed by atoms with Crippen molar-refractivity contribution in [2.45, 2.75) is 19.8 Å². The molecule has 0 radical (unpaired) electrons. The van der Waals surface area contributed by atoms with Crippen LogP contribution in [0.2, 0.25) is 0 Å². The van der Waals surface area contributed by atoms with Crippen molar-refractivity contribution < 1.29 is 14.0 Å². The zero-order valence-corrected chi connectivity index (χ0v) is 12.0. The van der Waals surface area contributed by atoms with Crippen LogP contribution in [0.15, 0.2) is 17.5 Å². The molecule has 2 aromatic rings. The van der Waals surface area contributed by atoms with Gasteiger partial charge in [0.15, 0.2) is 0 Å². The Kier molecular flexibility index (Phi) is 3.42. The molecule has 1 aromatic carbocycles. The van der Waals surface area contributed by atoms with E-state index in [-0.39, 0.29) is 17.5 Å². The highest BCUT2D eigenvalue weighted by atomic mass is 32.1. The van der Waals surface area contributed by atoms with Crippen molar-refractivity contribution in [2.75, 3.05) is 10.6 Å². The third kappa shape index (κ3) is 2.64. The maximum atomic E-state index is 14.0. The van der Waals surface area contributed by atoms with Crippen molar-refractivity contribution >= 4 is 34.7 Å². The Bertz CT molecular complexity index is 742. The molecule has 1 aromatic heterocycles. The molecule has 108 valence electrons. The van der Waals surface area contributed by atoms with Gasteiger partial charge in [0.25, 0.3) is 5.91 Å². The predicted octanol–water partition coefficient (Wildman–Crippen LogP) is 2.73. The van der Waals surface area contributed by atoms with Crippen molar-refractivity contribution in [1.29, 1.82) is 0 Å². The molecule has 2 amide bonds. The Morgan fingerprint density at radius 3 is 2.95 bits per heavy atom. The maximum absolute atomic E-state index is 14.0. The number of carbonyl (C=O) groups is 2. The van der Waals surface area contributed by atoms with Gasteiger partial charge in [0.05, 0.1) is 16.9 Å². The molecule has 0 atom stereocenters. The molecule has 0 bridgehead atoms. The lowest BCUT2D eigenvalue weighted by Gasteiger charge is -2.18. The molecule has 1 aliphatic heterocycles. The van der Waals surface area contributed by atoms with E-state index < -0.39 is 5.82 Å². The highest BCUT2D eigenvalue weighted by Gasteiger charge is 2.19. The van der Waals surface area contributed by atoms with E-state index in [9.17, 15) is 14.0 Å². The van der Waals surface area contributed by atoms with Crippen LogP contribution < -0.4 is 10.6 Å². The van der Waals surface area contributed by atoms with Gasteiger partial charge >= 0.3 is 0 Å². The van der Waals surface area contributed by atoms with Crippen LogP contribution in [0.25, 0.3) is 0 Å². The highest BCUT2D eigenvalue weighted by Crippen LogP contribution is 2.28. The van der Waals surface area contributed by atoms with Crippen LogP contribution in [0, 0.1) is 12.7 Å². The SMILES string of the molecule is Cc1nscc1C(=O)Nc1cc2c(cc1F)NC(=O)CC2. The Balaban J connectivity index is 1.88. The van der Waals surface area contributed by atoms with E-state index in [2.05, 4.69) is 15.0 Å². The molecule has 3 rings (SSSR count). The van der Waals surface area contributed by atoms with E-state index in [0.29, 0.717) is 29.8 Å². The van der Waals surface area contributed by atoms with Gasteiger partial charge in [-0.25, -0.2) is 4.39 Å². The van der Waals surface area contributed by atoms with E-state index in [4.69, 9.17) is 0 Å². The summed E-state index contributed by atoms with van der Waals surface area (Å²) in [6.07, 6.45) is 0.892. The number of hydrogen-bond acceptors (Lipinski definition) is 4. The third-order valence-corrected chi connectivity index (χ3v) is 4.05. The Labute approximate surface area is 124 Å². The fourth-order valence-electron chi connectivity index (χ4n) is 2.20. The van der Waals surface area contributed by atoms with Crippen molar-refractivity contribution in [3.8, 4) is 0 Å². The summed E-state index contributed by atoms with van der Waals surface area (Å²) in [5.74, 6) is -1.09. The second-order valence-electron chi connectivity index (χ2n) is 4.81. The number of fused-ring (bicyclic) bond motifs is 1. The number of halogens is 1. The minimum atomic E-state index is -0.579. The van der Waals surface area contributed by atoms with Gasteiger partial charge in [0.2, 0.25) is 5.91 Å². The average molecular weight is 305 g/mol. The molecular formula is C14H12FN3O2S. The van der Waals surface area contributed by atoms with E-state index >= 15 is 0 Å². The molecule has 0 fully saturated rings. The van der Waals surface area contributed by atoms with Gasteiger partial charge in [0, 0.05) is 17.5 Å². The van der Waals surface area contributed by atoms with Crippen LogP contribution in [-0.2, 0) is 11.2 Å². The Morgan fingerprint density at radius 1 is 1.43 bits per heavy atom. The zero-order chi connectivity index (χ0) is 15.0. The standard InChI is InChI=1S/C14H12FN3O2S/c1-7-9(6-21-18-7)14(20)17-12-4-8-2-3-13(19)16-11(8)5-10(12)15/h4-6H,2-3H2,1H3,(H,16,19)(H,17,20). The Morgan fingerprint density at radius 2 is 2.24 bits per heavy atom. The van der Waals surface area contributed by atoms with Gasteiger partial charge < -0.3 is 10.6 Å². The summed E-state index contributed by atoms with van der Waals surface area (Å²) in [4.78, 5) is 23.4. The largest absolute Gasteiger partial charge is 0.326 e. The number of aromatic nitrogens is 1. The van der Waals surface area contributed by atoms with E-state index in [1.54, 1.807) is 18.4 Å².